The van der Waals surface area contributed by atoms with E-state index in [1.54, 1.807) is 7.11 Å². The van der Waals surface area contributed by atoms with E-state index in [1.165, 1.54) is 0 Å². The zero-order valence-electron chi connectivity index (χ0n) is 7.99. The van der Waals surface area contributed by atoms with Crippen molar-refractivity contribution in [2.24, 2.45) is 0 Å². The van der Waals surface area contributed by atoms with Crippen LogP contribution in [0.2, 0.25) is 0 Å². The first-order valence-corrected chi connectivity index (χ1v) is 4.25. The van der Waals surface area contributed by atoms with Crippen LogP contribution in [-0.2, 0) is 0 Å². The van der Waals surface area contributed by atoms with Crippen molar-refractivity contribution < 1.29 is 9.47 Å². The van der Waals surface area contributed by atoms with Gasteiger partial charge < -0.3 is 9.47 Å². The smallest absolute Gasteiger partial charge is 0.161 e. The van der Waals surface area contributed by atoms with Crippen LogP contribution in [0, 0.1) is 0 Å². The SMILES string of the molecule is CC=CCOc1ccccc1OC. The highest BCUT2D eigenvalue weighted by molar-refractivity contribution is 5.39. The molecule has 70 valence electrons. The van der Waals surface area contributed by atoms with E-state index in [-0.39, 0.29) is 0 Å². The molecule has 0 aromatic heterocycles. The van der Waals surface area contributed by atoms with Gasteiger partial charge in [0.25, 0.3) is 0 Å². The van der Waals surface area contributed by atoms with Crippen molar-refractivity contribution in [3.63, 3.8) is 0 Å². The van der Waals surface area contributed by atoms with Gasteiger partial charge in [-0.1, -0.05) is 24.3 Å². The van der Waals surface area contributed by atoms with E-state index in [4.69, 9.17) is 9.47 Å². The summed E-state index contributed by atoms with van der Waals surface area (Å²) in [5, 5.41) is 0. The van der Waals surface area contributed by atoms with Gasteiger partial charge in [0.05, 0.1) is 7.11 Å². The number of hydrogen-bond acceptors (Lipinski definition) is 2. The van der Waals surface area contributed by atoms with Gasteiger partial charge in [0.2, 0.25) is 0 Å². The molecule has 2 nitrogen and oxygen atoms in total. The number of ether oxygens (including phenoxy) is 2. The molecular formula is C11H14O2. The minimum Gasteiger partial charge on any atom is -0.493 e. The molecule has 0 bridgehead atoms. The number of allylic oxidation sites excluding steroid dienone is 1. The van der Waals surface area contributed by atoms with Crippen molar-refractivity contribution in [1.29, 1.82) is 0 Å². The van der Waals surface area contributed by atoms with Gasteiger partial charge in [0.15, 0.2) is 11.5 Å². The highest BCUT2D eigenvalue weighted by Gasteiger charge is 1.99. The minimum atomic E-state index is 0.580. The maximum Gasteiger partial charge on any atom is 0.161 e. The van der Waals surface area contributed by atoms with Gasteiger partial charge in [0, 0.05) is 0 Å². The van der Waals surface area contributed by atoms with E-state index >= 15 is 0 Å². The molecule has 0 amide bonds. The second-order valence-electron chi connectivity index (χ2n) is 2.53. The van der Waals surface area contributed by atoms with Gasteiger partial charge in [-0.25, -0.2) is 0 Å². The van der Waals surface area contributed by atoms with Gasteiger partial charge in [-0.3, -0.25) is 0 Å². The highest BCUT2D eigenvalue weighted by Crippen LogP contribution is 2.25. The lowest BCUT2D eigenvalue weighted by molar-refractivity contribution is 0.326. The van der Waals surface area contributed by atoms with Crippen LogP contribution in [0.3, 0.4) is 0 Å². The average Bonchev–Trinajstić information content (AvgIpc) is 2.19. The second-order valence-corrected chi connectivity index (χ2v) is 2.53. The predicted molar refractivity (Wildman–Crippen MR) is 53.3 cm³/mol. The maximum atomic E-state index is 5.46. The van der Waals surface area contributed by atoms with Crippen LogP contribution in [0.15, 0.2) is 36.4 Å². The molecule has 1 aromatic rings. The van der Waals surface area contributed by atoms with Crippen LogP contribution in [-0.4, -0.2) is 13.7 Å². The van der Waals surface area contributed by atoms with Crippen molar-refractivity contribution in [3.05, 3.63) is 36.4 Å². The molecule has 0 spiro atoms. The van der Waals surface area contributed by atoms with Gasteiger partial charge in [-0.2, -0.15) is 0 Å². The maximum absolute atomic E-state index is 5.46. The Hall–Kier alpha value is -1.44. The lowest BCUT2D eigenvalue weighted by Gasteiger charge is -2.07. The summed E-state index contributed by atoms with van der Waals surface area (Å²) in [6.07, 6.45) is 3.90. The molecule has 0 fully saturated rings. The van der Waals surface area contributed by atoms with Crippen LogP contribution >= 0.6 is 0 Å². The Balaban J connectivity index is 2.64. The fourth-order valence-corrected chi connectivity index (χ4v) is 0.972. The van der Waals surface area contributed by atoms with Gasteiger partial charge in [0.1, 0.15) is 6.61 Å². The largest absolute Gasteiger partial charge is 0.493 e. The minimum absolute atomic E-state index is 0.580. The number of rotatable bonds is 4. The Kier molecular flexibility index (Phi) is 3.89. The molecule has 0 aliphatic heterocycles. The lowest BCUT2D eigenvalue weighted by atomic mass is 10.3. The third kappa shape index (κ3) is 2.82. The van der Waals surface area contributed by atoms with E-state index in [0.717, 1.165) is 11.5 Å². The summed E-state index contributed by atoms with van der Waals surface area (Å²) < 4.78 is 10.6. The fraction of sp³-hybridized carbons (Fsp3) is 0.273. The summed E-state index contributed by atoms with van der Waals surface area (Å²) in [5.41, 5.74) is 0. The Labute approximate surface area is 78.8 Å². The Morgan fingerprint density at radius 1 is 1.23 bits per heavy atom. The zero-order valence-corrected chi connectivity index (χ0v) is 7.99. The van der Waals surface area contributed by atoms with Crippen LogP contribution in [0.1, 0.15) is 6.92 Å². The van der Waals surface area contributed by atoms with E-state index in [0.29, 0.717) is 6.61 Å². The molecule has 2 heteroatoms. The quantitative estimate of drug-likeness (QED) is 0.660. The number of hydrogen-bond donors (Lipinski definition) is 0. The molecule has 0 saturated carbocycles. The first kappa shape index (κ1) is 9.65. The summed E-state index contributed by atoms with van der Waals surface area (Å²) in [5.74, 6) is 1.55. The molecule has 0 N–H and O–H groups in total. The van der Waals surface area contributed by atoms with Gasteiger partial charge in [-0.15, -0.1) is 0 Å². The molecule has 1 rings (SSSR count). The molecule has 0 aliphatic carbocycles. The third-order valence-electron chi connectivity index (χ3n) is 1.64. The number of para-hydroxylation sites is 2. The monoisotopic (exact) mass is 178 g/mol. The fourth-order valence-electron chi connectivity index (χ4n) is 0.972. The van der Waals surface area contributed by atoms with Gasteiger partial charge in [-0.05, 0) is 19.1 Å². The highest BCUT2D eigenvalue weighted by atomic mass is 16.5. The van der Waals surface area contributed by atoms with Crippen LogP contribution in [0.4, 0.5) is 0 Å². The molecule has 0 unspecified atom stereocenters. The molecular weight excluding hydrogens is 164 g/mol. The van der Waals surface area contributed by atoms with Crippen molar-refractivity contribution in [2.75, 3.05) is 13.7 Å². The summed E-state index contributed by atoms with van der Waals surface area (Å²) in [6.45, 7) is 2.54. The predicted octanol–water partition coefficient (Wildman–Crippen LogP) is 2.65. The molecule has 0 aliphatic rings. The number of methoxy groups -OCH3 is 1. The third-order valence-corrected chi connectivity index (χ3v) is 1.64. The van der Waals surface area contributed by atoms with Crippen LogP contribution in [0.5, 0.6) is 11.5 Å². The average molecular weight is 178 g/mol. The molecule has 1 aromatic carbocycles. The summed E-state index contributed by atoms with van der Waals surface area (Å²) in [6, 6.07) is 7.61. The Morgan fingerprint density at radius 2 is 1.92 bits per heavy atom. The molecule has 0 heterocycles. The van der Waals surface area contributed by atoms with Gasteiger partial charge >= 0.3 is 0 Å². The standard InChI is InChI=1S/C11H14O2/c1-3-4-9-13-11-8-6-5-7-10(11)12-2/h3-8H,9H2,1-2H3. The van der Waals surface area contributed by atoms with Crippen LogP contribution < -0.4 is 9.47 Å². The van der Waals surface area contributed by atoms with Crippen LogP contribution in [0.25, 0.3) is 0 Å². The first-order valence-electron chi connectivity index (χ1n) is 4.25. The zero-order chi connectivity index (χ0) is 9.52. The van der Waals surface area contributed by atoms with E-state index in [2.05, 4.69) is 0 Å². The van der Waals surface area contributed by atoms with Crippen molar-refractivity contribution in [1.82, 2.24) is 0 Å². The van der Waals surface area contributed by atoms with E-state index in [9.17, 15) is 0 Å². The molecule has 0 atom stereocenters. The van der Waals surface area contributed by atoms with E-state index in [1.807, 2.05) is 43.3 Å². The lowest BCUT2D eigenvalue weighted by Crippen LogP contribution is -1.95. The number of benzene rings is 1. The Morgan fingerprint density at radius 3 is 2.54 bits per heavy atom. The topological polar surface area (TPSA) is 18.5 Å². The van der Waals surface area contributed by atoms with Crippen molar-refractivity contribution >= 4 is 0 Å². The molecule has 13 heavy (non-hydrogen) atoms. The molecule has 0 radical (unpaired) electrons. The summed E-state index contributed by atoms with van der Waals surface area (Å²) in [4.78, 5) is 0. The van der Waals surface area contributed by atoms with Crippen molar-refractivity contribution in [3.8, 4) is 11.5 Å². The molecule has 0 saturated heterocycles. The normalized spacial score (nSPS) is 10.3. The second kappa shape index (κ2) is 5.25. The van der Waals surface area contributed by atoms with Crippen molar-refractivity contribution in [2.45, 2.75) is 6.92 Å². The summed E-state index contributed by atoms with van der Waals surface area (Å²) >= 11 is 0. The first-order chi connectivity index (χ1) is 6.38. The summed E-state index contributed by atoms with van der Waals surface area (Å²) in [7, 11) is 1.64. The Bertz CT molecular complexity index is 279. The van der Waals surface area contributed by atoms with E-state index < -0.39 is 0 Å².